The summed E-state index contributed by atoms with van der Waals surface area (Å²) >= 11 is 0. The van der Waals surface area contributed by atoms with Crippen molar-refractivity contribution in [3.8, 4) is 0 Å². The second-order valence-corrected chi connectivity index (χ2v) is 6.23. The summed E-state index contributed by atoms with van der Waals surface area (Å²) in [6, 6.07) is 9.57. The van der Waals surface area contributed by atoms with E-state index in [1.165, 1.54) is 31.2 Å². The van der Waals surface area contributed by atoms with Gasteiger partial charge < -0.3 is 5.32 Å². The van der Waals surface area contributed by atoms with E-state index in [0.29, 0.717) is 6.04 Å². The Balaban J connectivity index is 1.82. The minimum absolute atomic E-state index is 0.625. The number of nitrogens with one attached hydrogen (secondary N) is 1. The molecule has 0 amide bonds. The summed E-state index contributed by atoms with van der Waals surface area (Å²) in [5.41, 5.74) is 3.09. The molecule has 0 spiro atoms. The Labute approximate surface area is 112 Å². The molecule has 1 nitrogen and oxygen atoms in total. The second-order valence-electron chi connectivity index (χ2n) is 6.23. The largest absolute Gasteiger partial charge is 0.310 e. The predicted octanol–water partition coefficient (Wildman–Crippen LogP) is 4.48. The van der Waals surface area contributed by atoms with Crippen LogP contribution in [-0.4, -0.2) is 6.04 Å². The normalized spacial score (nSPS) is 17.1. The van der Waals surface area contributed by atoms with Gasteiger partial charge in [0.1, 0.15) is 0 Å². The molecule has 0 bridgehead atoms. The van der Waals surface area contributed by atoms with Crippen LogP contribution in [0.15, 0.2) is 24.3 Å². The van der Waals surface area contributed by atoms with Gasteiger partial charge in [-0.15, -0.1) is 0 Å². The average Bonchev–Trinajstić information content (AvgIpc) is 3.18. The first kappa shape index (κ1) is 13.6. The maximum absolute atomic E-state index is 3.68. The van der Waals surface area contributed by atoms with Gasteiger partial charge in [-0.3, -0.25) is 0 Å². The third-order valence-corrected chi connectivity index (χ3v) is 3.89. The Morgan fingerprint density at radius 3 is 2.50 bits per heavy atom. The predicted molar refractivity (Wildman–Crippen MR) is 78.8 cm³/mol. The summed E-state index contributed by atoms with van der Waals surface area (Å²) in [5, 5.41) is 3.68. The molecule has 1 aliphatic carbocycles. The minimum Gasteiger partial charge on any atom is -0.310 e. The van der Waals surface area contributed by atoms with Gasteiger partial charge in [-0.2, -0.15) is 0 Å². The molecule has 1 unspecified atom stereocenters. The maximum Gasteiger partial charge on any atom is 0.0210 e. The van der Waals surface area contributed by atoms with Crippen LogP contribution in [0.2, 0.25) is 0 Å². The van der Waals surface area contributed by atoms with E-state index in [4.69, 9.17) is 0 Å². The molecule has 1 N–H and O–H groups in total. The van der Waals surface area contributed by atoms with Crippen LogP contribution in [0.3, 0.4) is 0 Å². The van der Waals surface area contributed by atoms with Crippen molar-refractivity contribution in [2.75, 3.05) is 0 Å². The monoisotopic (exact) mass is 245 g/mol. The molecule has 1 heteroatoms. The van der Waals surface area contributed by atoms with Crippen molar-refractivity contribution >= 4 is 0 Å². The maximum atomic E-state index is 3.68. The molecule has 1 saturated carbocycles. The lowest BCUT2D eigenvalue weighted by molar-refractivity contribution is 0.450. The van der Waals surface area contributed by atoms with Crippen molar-refractivity contribution in [2.45, 2.75) is 65.0 Å². The zero-order valence-electron chi connectivity index (χ0n) is 12.1. The highest BCUT2D eigenvalue weighted by Crippen LogP contribution is 2.41. The molecule has 0 radical (unpaired) electrons. The van der Waals surface area contributed by atoms with E-state index in [0.717, 1.165) is 18.4 Å². The van der Waals surface area contributed by atoms with Gasteiger partial charge in [0, 0.05) is 12.6 Å². The van der Waals surface area contributed by atoms with Gasteiger partial charge in [-0.05, 0) is 55.6 Å². The molecule has 0 aliphatic heterocycles. The lowest BCUT2D eigenvalue weighted by Crippen LogP contribution is -2.26. The molecule has 1 fully saturated rings. The second kappa shape index (κ2) is 6.38. The quantitative estimate of drug-likeness (QED) is 0.747. The van der Waals surface area contributed by atoms with Gasteiger partial charge in [-0.1, -0.05) is 38.1 Å². The van der Waals surface area contributed by atoms with Crippen molar-refractivity contribution in [1.29, 1.82) is 0 Å². The van der Waals surface area contributed by atoms with Gasteiger partial charge in [0.25, 0.3) is 0 Å². The molecular formula is C17H27N. The van der Waals surface area contributed by atoms with E-state index in [9.17, 15) is 0 Å². The van der Waals surface area contributed by atoms with E-state index in [2.05, 4.69) is 50.4 Å². The van der Waals surface area contributed by atoms with Gasteiger partial charge in [0.15, 0.2) is 0 Å². The van der Waals surface area contributed by atoms with E-state index in [1.807, 2.05) is 0 Å². The molecule has 0 aromatic heterocycles. The Morgan fingerprint density at radius 1 is 1.11 bits per heavy atom. The van der Waals surface area contributed by atoms with Gasteiger partial charge in [-0.25, -0.2) is 0 Å². The lowest BCUT2D eigenvalue weighted by Gasteiger charge is -2.16. The fraction of sp³-hybridized carbons (Fsp3) is 0.647. The number of benzene rings is 1. The summed E-state index contributed by atoms with van der Waals surface area (Å²) in [5.74, 6) is 1.67. The third kappa shape index (κ3) is 4.13. The van der Waals surface area contributed by atoms with E-state index in [-0.39, 0.29) is 0 Å². The molecule has 0 heterocycles. The van der Waals surface area contributed by atoms with Gasteiger partial charge >= 0.3 is 0 Å². The molecule has 1 aromatic carbocycles. The van der Waals surface area contributed by atoms with Crippen molar-refractivity contribution in [1.82, 2.24) is 5.32 Å². The van der Waals surface area contributed by atoms with Crippen molar-refractivity contribution in [2.24, 2.45) is 5.92 Å². The molecule has 1 aromatic rings. The van der Waals surface area contributed by atoms with Crippen LogP contribution >= 0.6 is 0 Å². The van der Waals surface area contributed by atoms with Crippen LogP contribution in [-0.2, 0) is 6.54 Å². The lowest BCUT2D eigenvalue weighted by atomic mass is 10.0. The molecule has 0 saturated heterocycles. The van der Waals surface area contributed by atoms with E-state index >= 15 is 0 Å². The first-order valence-corrected chi connectivity index (χ1v) is 7.48. The summed E-state index contributed by atoms with van der Waals surface area (Å²) in [6.45, 7) is 7.94. The summed E-state index contributed by atoms with van der Waals surface area (Å²) in [6.07, 6.45) is 5.38. The standard InChI is InChI=1S/C17H27N/c1-13(2)8-9-14(3)18-12-16-6-4-5-7-17(16)15-10-11-15/h4-7,13-15,18H,8-12H2,1-3H3. The van der Waals surface area contributed by atoms with Crippen molar-refractivity contribution in [3.05, 3.63) is 35.4 Å². The van der Waals surface area contributed by atoms with E-state index in [1.54, 1.807) is 5.56 Å². The zero-order valence-corrected chi connectivity index (χ0v) is 12.1. The van der Waals surface area contributed by atoms with Crippen LogP contribution in [0.5, 0.6) is 0 Å². The van der Waals surface area contributed by atoms with Crippen LogP contribution in [0, 0.1) is 5.92 Å². The highest BCUT2D eigenvalue weighted by Gasteiger charge is 2.25. The van der Waals surface area contributed by atoms with Gasteiger partial charge in [0.05, 0.1) is 0 Å². The Bertz CT molecular complexity index is 366. The smallest absolute Gasteiger partial charge is 0.0210 e. The Kier molecular flexibility index (Phi) is 4.82. The molecule has 18 heavy (non-hydrogen) atoms. The van der Waals surface area contributed by atoms with Crippen LogP contribution in [0.4, 0.5) is 0 Å². The Hall–Kier alpha value is -0.820. The average molecular weight is 245 g/mol. The molecule has 100 valence electrons. The Morgan fingerprint density at radius 2 is 1.83 bits per heavy atom. The molecular weight excluding hydrogens is 218 g/mol. The number of hydrogen-bond acceptors (Lipinski definition) is 1. The first-order valence-electron chi connectivity index (χ1n) is 7.48. The van der Waals surface area contributed by atoms with Crippen molar-refractivity contribution in [3.63, 3.8) is 0 Å². The van der Waals surface area contributed by atoms with Crippen LogP contribution in [0.1, 0.15) is 63.5 Å². The van der Waals surface area contributed by atoms with E-state index < -0.39 is 0 Å². The topological polar surface area (TPSA) is 12.0 Å². The molecule has 1 aliphatic rings. The summed E-state index contributed by atoms with van der Waals surface area (Å²) < 4.78 is 0. The van der Waals surface area contributed by atoms with Crippen LogP contribution < -0.4 is 5.32 Å². The highest BCUT2D eigenvalue weighted by atomic mass is 14.9. The molecule has 1 atom stereocenters. The fourth-order valence-corrected chi connectivity index (χ4v) is 2.46. The summed E-state index contributed by atoms with van der Waals surface area (Å²) in [4.78, 5) is 0. The number of rotatable bonds is 7. The number of hydrogen-bond donors (Lipinski definition) is 1. The highest BCUT2D eigenvalue weighted by molar-refractivity contribution is 5.33. The zero-order chi connectivity index (χ0) is 13.0. The summed E-state index contributed by atoms with van der Waals surface area (Å²) in [7, 11) is 0. The van der Waals surface area contributed by atoms with Gasteiger partial charge in [0.2, 0.25) is 0 Å². The minimum atomic E-state index is 0.625. The fourth-order valence-electron chi connectivity index (χ4n) is 2.46. The van der Waals surface area contributed by atoms with Crippen molar-refractivity contribution < 1.29 is 0 Å². The molecule has 2 rings (SSSR count). The SMILES string of the molecule is CC(C)CCC(C)NCc1ccccc1C1CC1. The van der Waals surface area contributed by atoms with Crippen LogP contribution in [0.25, 0.3) is 0 Å². The first-order chi connectivity index (χ1) is 8.66. The third-order valence-electron chi connectivity index (χ3n) is 3.89.